The molecule has 0 bridgehead atoms. The average Bonchev–Trinajstić information content (AvgIpc) is 3.76. The molecule has 69 heavy (non-hydrogen) atoms. The number of benzene rings is 9. The van der Waals surface area contributed by atoms with Crippen LogP contribution in [0.4, 0.5) is 51.2 Å². The van der Waals surface area contributed by atoms with Gasteiger partial charge in [-0.05, 0) is 155 Å². The van der Waals surface area contributed by atoms with Crippen molar-refractivity contribution in [2.45, 2.75) is 64.1 Å². The molecule has 0 spiro atoms. The molecule has 0 amide bonds. The molecule has 0 N–H and O–H groups in total. The van der Waals surface area contributed by atoms with Gasteiger partial charge in [0.2, 0.25) is 0 Å². The first-order valence-electron chi connectivity index (χ1n) is 24.9. The van der Waals surface area contributed by atoms with Gasteiger partial charge in [0.15, 0.2) is 0 Å². The zero-order valence-electron chi connectivity index (χ0n) is 39.7. The Bertz CT molecular complexity index is 3530. The Balaban J connectivity index is 1.04. The van der Waals surface area contributed by atoms with E-state index in [0.29, 0.717) is 0 Å². The van der Waals surface area contributed by atoms with Gasteiger partial charge in [0.25, 0.3) is 6.71 Å². The Kier molecular flexibility index (Phi) is 8.69. The smallest absolute Gasteiger partial charge is 0.252 e. The van der Waals surface area contributed by atoms with Crippen molar-refractivity contribution in [2.24, 2.45) is 0 Å². The maximum atomic E-state index is 2.76. The molecule has 5 heteroatoms. The van der Waals surface area contributed by atoms with Crippen LogP contribution in [0.5, 0.6) is 0 Å². The maximum Gasteiger partial charge on any atom is 0.252 e. The number of allylic oxidation sites excluding steroid dienone is 1. The standard InChI is InChI=1S/C64H53BN4/c1-63(2)53-39-47(66(43-23-9-5-10-24-43)44-25-11-6-12-26-44)35-36-50(53)52-40-59-56(41-54(52)63)65-55-33-20-34-58-62(55)69(64(3,4)68(58)46-29-15-8-16-30-46)61-51(49-32-19-22-42-21-17-18-31-48(42)49)37-38-57(60(61)65)67(59)45-27-13-7-14-28-45/h5-6,8-13,15-27,29-41,45H,7,14,28H2,1-4H3. The Morgan fingerprint density at radius 1 is 0.507 bits per heavy atom. The summed E-state index contributed by atoms with van der Waals surface area (Å²) in [5, 5.41) is 2.54. The van der Waals surface area contributed by atoms with Crippen LogP contribution in [-0.4, -0.2) is 18.4 Å². The third-order valence-corrected chi connectivity index (χ3v) is 16.2. The molecule has 0 radical (unpaired) electrons. The van der Waals surface area contributed by atoms with Crippen LogP contribution < -0.4 is 36.0 Å². The number of fused-ring (bicyclic) bond motifs is 8. The van der Waals surface area contributed by atoms with Crippen LogP contribution in [0, 0.1) is 0 Å². The molecule has 0 aromatic heterocycles. The van der Waals surface area contributed by atoms with E-state index in [1.165, 1.54) is 107 Å². The highest BCUT2D eigenvalue weighted by molar-refractivity contribution is 7.00. The molecule has 0 fully saturated rings. The summed E-state index contributed by atoms with van der Waals surface area (Å²) in [5.41, 5.74) is 22.7. The molecule has 0 saturated carbocycles. The van der Waals surface area contributed by atoms with E-state index in [-0.39, 0.29) is 18.2 Å². The zero-order chi connectivity index (χ0) is 46.2. The predicted octanol–water partition coefficient (Wildman–Crippen LogP) is 14.7. The van der Waals surface area contributed by atoms with Crippen molar-refractivity contribution < 1.29 is 0 Å². The van der Waals surface area contributed by atoms with Crippen LogP contribution >= 0.6 is 0 Å². The lowest BCUT2D eigenvalue weighted by atomic mass is 9.33. The minimum atomic E-state index is -0.443. The molecule has 2 aliphatic carbocycles. The topological polar surface area (TPSA) is 13.0 Å². The lowest BCUT2D eigenvalue weighted by molar-refractivity contribution is 0.541. The fraction of sp³-hybridized carbons (Fsp3) is 0.156. The molecule has 3 aliphatic heterocycles. The number of hydrogen-bond donors (Lipinski definition) is 0. The van der Waals surface area contributed by atoms with Gasteiger partial charge in [0.05, 0.1) is 17.4 Å². The fourth-order valence-electron chi connectivity index (χ4n) is 13.2. The van der Waals surface area contributed by atoms with Gasteiger partial charge in [-0.3, -0.25) is 0 Å². The average molecular weight is 889 g/mol. The van der Waals surface area contributed by atoms with Gasteiger partial charge in [0.1, 0.15) is 5.66 Å². The van der Waals surface area contributed by atoms with Gasteiger partial charge >= 0.3 is 0 Å². The van der Waals surface area contributed by atoms with Gasteiger partial charge in [0, 0.05) is 50.8 Å². The van der Waals surface area contributed by atoms with Crippen molar-refractivity contribution in [1.82, 2.24) is 0 Å². The number of anilines is 9. The summed E-state index contributed by atoms with van der Waals surface area (Å²) in [6.07, 6.45) is 8.34. The van der Waals surface area contributed by atoms with Crippen molar-refractivity contribution in [3.05, 3.63) is 217 Å². The molecule has 332 valence electrons. The van der Waals surface area contributed by atoms with Crippen LogP contribution in [0.2, 0.25) is 0 Å². The van der Waals surface area contributed by atoms with Crippen molar-refractivity contribution in [1.29, 1.82) is 0 Å². The van der Waals surface area contributed by atoms with Crippen LogP contribution in [0.1, 0.15) is 58.1 Å². The second-order valence-corrected chi connectivity index (χ2v) is 20.7. The van der Waals surface area contributed by atoms with Crippen LogP contribution in [-0.2, 0) is 5.41 Å². The lowest BCUT2D eigenvalue weighted by Crippen LogP contribution is -2.65. The van der Waals surface area contributed by atoms with E-state index in [4.69, 9.17) is 0 Å². The van der Waals surface area contributed by atoms with Gasteiger partial charge in [-0.25, -0.2) is 0 Å². The molecule has 9 aromatic carbocycles. The first kappa shape index (κ1) is 40.3. The Morgan fingerprint density at radius 3 is 1.94 bits per heavy atom. The van der Waals surface area contributed by atoms with Crippen molar-refractivity contribution in [2.75, 3.05) is 19.6 Å². The summed E-state index contributed by atoms with van der Waals surface area (Å²) in [6, 6.07) is 73.2. The molecule has 1 atom stereocenters. The number of rotatable bonds is 6. The van der Waals surface area contributed by atoms with E-state index in [9.17, 15) is 0 Å². The fourth-order valence-corrected chi connectivity index (χ4v) is 13.2. The van der Waals surface area contributed by atoms with Crippen LogP contribution in [0.15, 0.2) is 206 Å². The molecule has 14 rings (SSSR count). The highest BCUT2D eigenvalue weighted by Gasteiger charge is 2.54. The van der Waals surface area contributed by atoms with E-state index >= 15 is 0 Å². The second-order valence-electron chi connectivity index (χ2n) is 20.7. The molecule has 0 saturated heterocycles. The van der Waals surface area contributed by atoms with E-state index < -0.39 is 5.66 Å². The monoisotopic (exact) mass is 888 g/mol. The molecule has 1 unspecified atom stereocenters. The molecule has 9 aromatic rings. The minimum Gasteiger partial charge on any atom is -0.335 e. The molecular formula is C64H53BN4. The molecule has 4 nitrogen and oxygen atoms in total. The summed E-state index contributed by atoms with van der Waals surface area (Å²) in [5.74, 6) is 0. The van der Waals surface area contributed by atoms with E-state index in [1.807, 2.05) is 0 Å². The minimum absolute atomic E-state index is 0.00787. The summed E-state index contributed by atoms with van der Waals surface area (Å²) < 4.78 is 0. The third kappa shape index (κ3) is 5.71. The van der Waals surface area contributed by atoms with E-state index in [0.717, 1.165) is 24.2 Å². The van der Waals surface area contributed by atoms with Gasteiger partial charge in [-0.1, -0.05) is 153 Å². The first-order chi connectivity index (χ1) is 33.8. The number of para-hydroxylation sites is 4. The first-order valence-corrected chi connectivity index (χ1v) is 24.9. The van der Waals surface area contributed by atoms with Crippen molar-refractivity contribution >= 4 is 85.1 Å². The summed E-state index contributed by atoms with van der Waals surface area (Å²) in [6.45, 7) is 9.76. The Morgan fingerprint density at radius 2 is 1.19 bits per heavy atom. The highest BCUT2D eigenvalue weighted by atomic mass is 15.5. The largest absolute Gasteiger partial charge is 0.335 e. The van der Waals surface area contributed by atoms with Crippen LogP contribution in [0.3, 0.4) is 0 Å². The summed E-state index contributed by atoms with van der Waals surface area (Å²) in [4.78, 5) is 10.5. The SMILES string of the molecule is CC1(C)c2cc(N(c3ccccc3)c3ccccc3)ccc2-c2cc3c(cc21)B1c2cccc4c2N(c2c(-c5cccc6ccccc56)ccc(c21)N3C1C=CCCC1)C(C)(C)N4c1ccccc1. The molecule has 3 heterocycles. The quantitative estimate of drug-likeness (QED) is 0.122. The second kappa shape index (κ2) is 14.9. The lowest BCUT2D eigenvalue weighted by Gasteiger charge is -2.49. The summed E-state index contributed by atoms with van der Waals surface area (Å²) in [7, 11) is 0. The third-order valence-electron chi connectivity index (χ3n) is 16.2. The number of nitrogens with zero attached hydrogens (tertiary/aromatic N) is 4. The van der Waals surface area contributed by atoms with Gasteiger partial charge < -0.3 is 19.6 Å². The van der Waals surface area contributed by atoms with Gasteiger partial charge in [-0.2, -0.15) is 0 Å². The predicted molar refractivity (Wildman–Crippen MR) is 293 cm³/mol. The van der Waals surface area contributed by atoms with Crippen LogP contribution in [0.25, 0.3) is 33.0 Å². The molecular weight excluding hydrogens is 836 g/mol. The van der Waals surface area contributed by atoms with Gasteiger partial charge in [-0.15, -0.1) is 0 Å². The Labute approximate surface area is 406 Å². The molecule has 5 aliphatic rings. The number of hydrogen-bond acceptors (Lipinski definition) is 4. The Hall–Kier alpha value is -7.76. The van der Waals surface area contributed by atoms with E-state index in [2.05, 4.69) is 254 Å². The van der Waals surface area contributed by atoms with E-state index in [1.54, 1.807) is 0 Å². The van der Waals surface area contributed by atoms with Crippen molar-refractivity contribution in [3.8, 4) is 22.3 Å². The normalized spacial score (nSPS) is 17.3. The maximum absolute atomic E-state index is 2.76. The van der Waals surface area contributed by atoms with Crippen molar-refractivity contribution in [3.63, 3.8) is 0 Å². The summed E-state index contributed by atoms with van der Waals surface area (Å²) >= 11 is 0. The zero-order valence-corrected chi connectivity index (χ0v) is 39.7. The highest BCUT2D eigenvalue weighted by Crippen LogP contribution is 2.58.